The Hall–Kier alpha value is -1.77. The topological polar surface area (TPSA) is 37.4 Å². The zero-order valence-corrected chi connectivity index (χ0v) is 16.6. The van der Waals surface area contributed by atoms with E-state index in [1.54, 1.807) is 31.2 Å². The van der Waals surface area contributed by atoms with Crippen molar-refractivity contribution in [1.29, 1.82) is 0 Å². The van der Waals surface area contributed by atoms with Crippen LogP contribution < -0.4 is 4.31 Å². The summed E-state index contributed by atoms with van der Waals surface area (Å²) in [6.45, 7) is 1.80. The lowest BCUT2D eigenvalue weighted by atomic mass is 10.00. The Kier molecular flexibility index (Phi) is 3.98. The second kappa shape index (κ2) is 5.87. The first kappa shape index (κ1) is 17.6. The first-order valence-corrected chi connectivity index (χ1v) is 10.7. The molecule has 0 fully saturated rings. The van der Waals surface area contributed by atoms with Crippen molar-refractivity contribution in [2.75, 3.05) is 4.31 Å². The zero-order valence-electron chi connectivity index (χ0n) is 13.4. The van der Waals surface area contributed by atoms with Crippen molar-refractivity contribution in [3.8, 4) is 10.4 Å². The van der Waals surface area contributed by atoms with Gasteiger partial charge in [0.1, 0.15) is 0 Å². The number of aryl methyl sites for hydroxylation is 1. The quantitative estimate of drug-likeness (QED) is 0.461. The highest BCUT2D eigenvalue weighted by Crippen LogP contribution is 2.55. The number of hydrogen-bond donors (Lipinski definition) is 0. The van der Waals surface area contributed by atoms with Gasteiger partial charge in [0.15, 0.2) is 0 Å². The molecule has 0 saturated heterocycles. The minimum Gasteiger partial charge on any atom is -0.201 e. The van der Waals surface area contributed by atoms with Crippen molar-refractivity contribution in [3.05, 3.63) is 69.5 Å². The Morgan fingerprint density at radius 3 is 2.42 bits per heavy atom. The second-order valence-corrected chi connectivity index (χ2v) is 10.2. The van der Waals surface area contributed by atoms with Crippen molar-refractivity contribution in [2.24, 2.45) is 0 Å². The van der Waals surface area contributed by atoms with Gasteiger partial charge in [-0.15, -0.1) is 11.3 Å². The number of rotatable bonds is 2. The summed E-state index contributed by atoms with van der Waals surface area (Å²) in [7, 11) is -4.46. The van der Waals surface area contributed by atoms with Crippen molar-refractivity contribution < 1.29 is 17.2 Å². The highest BCUT2D eigenvalue weighted by atomic mass is 79.9. The molecule has 2 heterocycles. The molecule has 0 aliphatic carbocycles. The first-order valence-electron chi connectivity index (χ1n) is 7.62. The van der Waals surface area contributed by atoms with Gasteiger partial charge in [-0.3, -0.25) is 0 Å². The Labute approximate surface area is 162 Å². The van der Waals surface area contributed by atoms with Gasteiger partial charge in [0, 0.05) is 5.56 Å². The Morgan fingerprint density at radius 1 is 1.08 bits per heavy atom. The SMILES string of the molecule is Cc1ccc(S(=O)(=O)N2c3cc(Br)sc3-c3ccccc3C2(F)F)cc1. The van der Waals surface area contributed by atoms with Gasteiger partial charge in [-0.1, -0.05) is 42.0 Å². The average Bonchev–Trinajstić information content (AvgIpc) is 2.96. The van der Waals surface area contributed by atoms with E-state index in [1.807, 2.05) is 0 Å². The zero-order chi connectivity index (χ0) is 18.7. The van der Waals surface area contributed by atoms with Crippen molar-refractivity contribution >= 4 is 43.0 Å². The number of fused-ring (bicyclic) bond motifs is 3. The lowest BCUT2D eigenvalue weighted by Gasteiger charge is -2.36. The molecular formula is C18H12BrF2NO2S2. The molecule has 134 valence electrons. The van der Waals surface area contributed by atoms with Crippen molar-refractivity contribution in [2.45, 2.75) is 17.9 Å². The molecule has 0 bridgehead atoms. The van der Waals surface area contributed by atoms with E-state index in [4.69, 9.17) is 0 Å². The third-order valence-electron chi connectivity index (χ3n) is 4.21. The number of halogens is 3. The Balaban J connectivity index is 2.01. The molecular weight excluding hydrogens is 444 g/mol. The van der Waals surface area contributed by atoms with Crippen LogP contribution in [-0.2, 0) is 16.1 Å². The van der Waals surface area contributed by atoms with Crippen LogP contribution in [0.3, 0.4) is 0 Å². The fourth-order valence-corrected chi connectivity index (χ4v) is 6.16. The fourth-order valence-electron chi connectivity index (χ4n) is 3.00. The molecule has 0 saturated carbocycles. The normalized spacial score (nSPS) is 15.5. The summed E-state index contributed by atoms with van der Waals surface area (Å²) in [5.74, 6) is 0. The Morgan fingerprint density at radius 2 is 1.73 bits per heavy atom. The molecule has 0 spiro atoms. The predicted molar refractivity (Wildman–Crippen MR) is 102 cm³/mol. The highest BCUT2D eigenvalue weighted by Gasteiger charge is 2.52. The number of hydrogen-bond acceptors (Lipinski definition) is 3. The van der Waals surface area contributed by atoms with Crippen LogP contribution in [0.2, 0.25) is 0 Å². The standard InChI is InChI=1S/C18H12BrF2NO2S2/c1-11-6-8-12(9-7-11)26(23,24)22-15-10-16(19)25-17(15)13-4-2-3-5-14(13)18(22,20)21/h2-10H,1H3. The minimum atomic E-state index is -4.46. The van der Waals surface area contributed by atoms with E-state index < -0.39 is 16.1 Å². The number of sulfonamides is 1. The molecule has 2 aromatic carbocycles. The first-order chi connectivity index (χ1) is 12.2. The number of benzene rings is 2. The number of alkyl halides is 2. The third-order valence-corrected chi connectivity index (χ3v) is 7.65. The van der Waals surface area contributed by atoms with Crippen LogP contribution in [-0.4, -0.2) is 8.42 Å². The van der Waals surface area contributed by atoms with Crippen LogP contribution in [0.4, 0.5) is 14.5 Å². The summed E-state index contributed by atoms with van der Waals surface area (Å²) in [5.41, 5.74) is 0.848. The maximum Gasteiger partial charge on any atom is 0.366 e. The molecule has 0 radical (unpaired) electrons. The highest BCUT2D eigenvalue weighted by molar-refractivity contribution is 9.11. The van der Waals surface area contributed by atoms with Crippen LogP contribution in [0.1, 0.15) is 11.1 Å². The minimum absolute atomic E-state index is 0.0221. The molecule has 0 atom stereocenters. The molecule has 0 N–H and O–H groups in total. The molecule has 0 amide bonds. The molecule has 26 heavy (non-hydrogen) atoms. The van der Waals surface area contributed by atoms with Gasteiger partial charge in [-0.2, -0.15) is 13.1 Å². The molecule has 1 aliphatic heterocycles. The van der Waals surface area contributed by atoms with Gasteiger partial charge < -0.3 is 0 Å². The summed E-state index contributed by atoms with van der Waals surface area (Å²) in [4.78, 5) is 0.324. The predicted octanol–water partition coefficient (Wildman–Crippen LogP) is 5.74. The lowest BCUT2D eigenvalue weighted by molar-refractivity contribution is 0.00907. The maximum atomic E-state index is 15.3. The summed E-state index contributed by atoms with van der Waals surface area (Å²) in [5, 5.41) is 0. The van der Waals surface area contributed by atoms with Gasteiger partial charge in [0.05, 0.1) is 24.8 Å². The summed E-state index contributed by atoms with van der Waals surface area (Å²) < 4.78 is 57.8. The molecule has 3 nitrogen and oxygen atoms in total. The lowest BCUT2D eigenvalue weighted by Crippen LogP contribution is -2.46. The van der Waals surface area contributed by atoms with Gasteiger partial charge in [0.2, 0.25) is 0 Å². The van der Waals surface area contributed by atoms with Crippen LogP contribution in [0.15, 0.2) is 63.3 Å². The van der Waals surface area contributed by atoms with E-state index in [2.05, 4.69) is 15.9 Å². The van der Waals surface area contributed by atoms with E-state index >= 15 is 8.78 Å². The number of thiophene rings is 1. The summed E-state index contributed by atoms with van der Waals surface area (Å²) >= 11 is 4.52. The molecule has 4 rings (SSSR count). The fraction of sp³-hybridized carbons (Fsp3) is 0.111. The molecule has 1 aromatic heterocycles. The van der Waals surface area contributed by atoms with Crippen LogP contribution in [0.5, 0.6) is 0 Å². The van der Waals surface area contributed by atoms with Crippen LogP contribution >= 0.6 is 27.3 Å². The van der Waals surface area contributed by atoms with E-state index in [1.165, 1.54) is 41.7 Å². The summed E-state index contributed by atoms with van der Waals surface area (Å²) in [6.07, 6.45) is 0. The van der Waals surface area contributed by atoms with E-state index in [9.17, 15) is 8.42 Å². The average molecular weight is 456 g/mol. The number of anilines is 1. The third kappa shape index (κ3) is 2.51. The van der Waals surface area contributed by atoms with Crippen molar-refractivity contribution in [3.63, 3.8) is 0 Å². The van der Waals surface area contributed by atoms with Gasteiger partial charge in [-0.25, -0.2) is 8.42 Å². The largest absolute Gasteiger partial charge is 0.366 e. The van der Waals surface area contributed by atoms with Gasteiger partial charge in [0.25, 0.3) is 10.0 Å². The van der Waals surface area contributed by atoms with E-state index in [0.717, 1.165) is 5.56 Å². The molecule has 8 heteroatoms. The molecule has 3 aromatic rings. The van der Waals surface area contributed by atoms with E-state index in [0.29, 0.717) is 14.2 Å². The van der Waals surface area contributed by atoms with Crippen LogP contribution in [0.25, 0.3) is 10.4 Å². The summed E-state index contributed by atoms with van der Waals surface area (Å²) in [6, 6.07) is 9.60. The van der Waals surface area contributed by atoms with Crippen molar-refractivity contribution in [1.82, 2.24) is 0 Å². The molecule has 0 unspecified atom stereocenters. The van der Waals surface area contributed by atoms with E-state index in [-0.39, 0.29) is 20.5 Å². The second-order valence-electron chi connectivity index (χ2n) is 5.93. The monoisotopic (exact) mass is 455 g/mol. The maximum absolute atomic E-state index is 15.3. The Bertz CT molecular complexity index is 1110. The smallest absolute Gasteiger partial charge is 0.201 e. The number of nitrogens with zero attached hydrogens (tertiary/aromatic N) is 1. The van der Waals surface area contributed by atoms with Gasteiger partial charge in [-0.05, 0) is 41.1 Å². The van der Waals surface area contributed by atoms with Crippen LogP contribution in [0, 0.1) is 6.92 Å². The van der Waals surface area contributed by atoms with Gasteiger partial charge >= 0.3 is 6.05 Å². The molecule has 1 aliphatic rings.